The molecule has 0 saturated heterocycles. The molecular weight excluding hydrogens is 454 g/mol. The van der Waals surface area contributed by atoms with Crippen molar-refractivity contribution in [3.05, 3.63) is 94.5 Å². The third-order valence-corrected chi connectivity index (χ3v) is 5.79. The first-order chi connectivity index (χ1) is 16.5. The maximum absolute atomic E-state index is 13.1. The predicted molar refractivity (Wildman–Crippen MR) is 130 cm³/mol. The van der Waals surface area contributed by atoms with Gasteiger partial charge in [0.25, 0.3) is 17.7 Å². The van der Waals surface area contributed by atoms with Crippen molar-refractivity contribution in [1.82, 2.24) is 5.32 Å². The molecule has 174 valence electrons. The van der Waals surface area contributed by atoms with Crippen molar-refractivity contribution in [3.63, 3.8) is 0 Å². The van der Waals surface area contributed by atoms with E-state index in [1.54, 1.807) is 48.5 Å². The van der Waals surface area contributed by atoms with Crippen molar-refractivity contribution in [1.29, 1.82) is 0 Å². The van der Waals surface area contributed by atoms with Crippen LogP contribution < -0.4 is 15.5 Å². The van der Waals surface area contributed by atoms with E-state index in [1.807, 2.05) is 12.1 Å². The van der Waals surface area contributed by atoms with E-state index in [2.05, 4.69) is 17.6 Å². The van der Waals surface area contributed by atoms with E-state index in [0.29, 0.717) is 22.7 Å². The van der Waals surface area contributed by atoms with Gasteiger partial charge in [0.1, 0.15) is 16.5 Å². The molecule has 2 aromatic carbocycles. The fourth-order valence-electron chi connectivity index (χ4n) is 3.60. The molecule has 1 aliphatic rings. The number of halogens is 1. The molecule has 2 N–H and O–H groups in total. The van der Waals surface area contributed by atoms with Crippen LogP contribution >= 0.6 is 11.6 Å². The van der Waals surface area contributed by atoms with Gasteiger partial charge in [-0.05, 0) is 60.9 Å². The average molecular weight is 478 g/mol. The fourth-order valence-corrected chi connectivity index (χ4v) is 3.82. The Bertz CT molecular complexity index is 1230. The zero-order chi connectivity index (χ0) is 24.1. The van der Waals surface area contributed by atoms with E-state index >= 15 is 0 Å². The van der Waals surface area contributed by atoms with Gasteiger partial charge in [0, 0.05) is 11.3 Å². The first-order valence-corrected chi connectivity index (χ1v) is 11.4. The van der Waals surface area contributed by atoms with Gasteiger partial charge in [0.15, 0.2) is 0 Å². The van der Waals surface area contributed by atoms with Crippen molar-refractivity contribution in [3.8, 4) is 0 Å². The molecule has 4 rings (SSSR count). The highest BCUT2D eigenvalue weighted by Gasteiger charge is 2.39. The minimum absolute atomic E-state index is 0.0325. The van der Waals surface area contributed by atoms with Crippen LogP contribution in [-0.2, 0) is 22.6 Å². The van der Waals surface area contributed by atoms with Crippen LogP contribution in [0.1, 0.15) is 41.4 Å². The van der Waals surface area contributed by atoms with E-state index in [0.717, 1.165) is 29.7 Å². The lowest BCUT2D eigenvalue weighted by Crippen LogP contribution is -2.32. The van der Waals surface area contributed by atoms with E-state index in [4.69, 9.17) is 16.0 Å². The van der Waals surface area contributed by atoms with Gasteiger partial charge in [-0.2, -0.15) is 0 Å². The van der Waals surface area contributed by atoms with Crippen LogP contribution in [-0.4, -0.2) is 17.7 Å². The van der Waals surface area contributed by atoms with Gasteiger partial charge in [0.2, 0.25) is 0 Å². The Hall–Kier alpha value is -3.84. The molecule has 0 fully saturated rings. The molecule has 0 unspecified atom stereocenters. The van der Waals surface area contributed by atoms with Crippen LogP contribution in [0.4, 0.5) is 11.4 Å². The summed E-state index contributed by atoms with van der Waals surface area (Å²) in [5.41, 5.74) is 2.40. The number of hydrogen-bond donors (Lipinski definition) is 2. The smallest absolute Gasteiger partial charge is 0.283 e. The molecule has 0 saturated carbocycles. The number of amides is 3. The highest BCUT2D eigenvalue weighted by atomic mass is 35.5. The quantitative estimate of drug-likeness (QED) is 0.424. The SMILES string of the molecule is CCCCc1ccc(N2C(=O)C(Cl)=C(Nc3cccc(C(=O)NCc4ccco4)c3)C2=O)cc1. The van der Waals surface area contributed by atoms with E-state index in [1.165, 1.54) is 6.26 Å². The number of furan rings is 1. The number of nitrogens with one attached hydrogen (secondary N) is 2. The predicted octanol–water partition coefficient (Wildman–Crippen LogP) is 4.99. The number of unbranched alkanes of at least 4 members (excludes halogenated alkanes) is 1. The van der Waals surface area contributed by atoms with Crippen LogP contribution in [0.15, 0.2) is 82.1 Å². The van der Waals surface area contributed by atoms with E-state index in [9.17, 15) is 14.4 Å². The molecule has 0 aliphatic carbocycles. The molecule has 1 aromatic heterocycles. The lowest BCUT2D eigenvalue weighted by molar-refractivity contribution is -0.120. The minimum atomic E-state index is -0.595. The molecule has 0 radical (unpaired) electrons. The van der Waals surface area contributed by atoms with Gasteiger partial charge in [-0.3, -0.25) is 14.4 Å². The first-order valence-electron chi connectivity index (χ1n) is 11.0. The average Bonchev–Trinajstić information content (AvgIpc) is 3.45. The molecule has 2 heterocycles. The molecule has 3 aromatic rings. The maximum Gasteiger partial charge on any atom is 0.283 e. The van der Waals surface area contributed by atoms with Crippen molar-refractivity contribution < 1.29 is 18.8 Å². The topological polar surface area (TPSA) is 91.7 Å². The zero-order valence-electron chi connectivity index (χ0n) is 18.6. The summed E-state index contributed by atoms with van der Waals surface area (Å²) in [4.78, 5) is 39.3. The number of hydrogen-bond acceptors (Lipinski definition) is 5. The summed E-state index contributed by atoms with van der Waals surface area (Å²) in [6, 6.07) is 17.4. The van der Waals surface area contributed by atoms with Crippen LogP contribution in [0.3, 0.4) is 0 Å². The molecule has 34 heavy (non-hydrogen) atoms. The van der Waals surface area contributed by atoms with Crippen LogP contribution in [0.5, 0.6) is 0 Å². The fraction of sp³-hybridized carbons (Fsp3) is 0.192. The number of carbonyl (C=O) groups is 3. The Morgan fingerprint density at radius 1 is 1.03 bits per heavy atom. The highest BCUT2D eigenvalue weighted by Crippen LogP contribution is 2.30. The van der Waals surface area contributed by atoms with E-state index < -0.39 is 11.8 Å². The number of aryl methyl sites for hydroxylation is 1. The number of imide groups is 1. The Morgan fingerprint density at radius 2 is 1.82 bits per heavy atom. The van der Waals surface area contributed by atoms with Gasteiger partial charge >= 0.3 is 0 Å². The second-order valence-electron chi connectivity index (χ2n) is 7.87. The summed E-state index contributed by atoms with van der Waals surface area (Å²) in [7, 11) is 0. The Kier molecular flexibility index (Phi) is 7.13. The van der Waals surface area contributed by atoms with Crippen molar-refractivity contribution in [2.24, 2.45) is 0 Å². The standard InChI is InChI=1S/C26H24ClN3O4/c1-2-3-6-17-10-12-20(13-11-17)30-25(32)22(27)23(26(30)33)29-19-8-4-7-18(15-19)24(31)28-16-21-9-5-14-34-21/h4-5,7-15,29H,2-3,6,16H2,1H3,(H,28,31). The lowest BCUT2D eigenvalue weighted by Gasteiger charge is -2.16. The maximum atomic E-state index is 13.1. The first kappa shape index (κ1) is 23.3. The summed E-state index contributed by atoms with van der Waals surface area (Å²) in [6.45, 7) is 2.38. The number of carbonyl (C=O) groups excluding carboxylic acids is 3. The van der Waals surface area contributed by atoms with Gasteiger partial charge in [0.05, 0.1) is 18.5 Å². The van der Waals surface area contributed by atoms with Gasteiger partial charge in [-0.25, -0.2) is 4.90 Å². The molecule has 1 aliphatic heterocycles. The largest absolute Gasteiger partial charge is 0.467 e. The zero-order valence-corrected chi connectivity index (χ0v) is 19.4. The van der Waals surface area contributed by atoms with Crippen LogP contribution in [0.2, 0.25) is 0 Å². The number of anilines is 2. The number of benzene rings is 2. The Balaban J connectivity index is 1.46. The lowest BCUT2D eigenvalue weighted by atomic mass is 10.1. The Labute approximate surface area is 202 Å². The second-order valence-corrected chi connectivity index (χ2v) is 8.25. The summed E-state index contributed by atoms with van der Waals surface area (Å²) in [5.74, 6) is -0.821. The summed E-state index contributed by atoms with van der Waals surface area (Å²) in [6.07, 6.45) is 4.64. The molecule has 0 atom stereocenters. The van der Waals surface area contributed by atoms with Crippen molar-refractivity contribution >= 4 is 40.7 Å². The van der Waals surface area contributed by atoms with Crippen LogP contribution in [0.25, 0.3) is 0 Å². The van der Waals surface area contributed by atoms with Gasteiger partial charge < -0.3 is 15.1 Å². The molecule has 7 nitrogen and oxygen atoms in total. The third-order valence-electron chi connectivity index (χ3n) is 5.44. The minimum Gasteiger partial charge on any atom is -0.467 e. The summed E-state index contributed by atoms with van der Waals surface area (Å²) in [5, 5.41) is 5.48. The third kappa shape index (κ3) is 5.05. The normalized spacial score (nSPS) is 13.5. The Morgan fingerprint density at radius 3 is 2.53 bits per heavy atom. The molecule has 3 amide bonds. The molecule has 8 heteroatoms. The van der Waals surface area contributed by atoms with Crippen LogP contribution in [0, 0.1) is 0 Å². The monoisotopic (exact) mass is 477 g/mol. The molecular formula is C26H24ClN3O4. The van der Waals surface area contributed by atoms with Gasteiger partial charge in [-0.15, -0.1) is 0 Å². The van der Waals surface area contributed by atoms with Crippen molar-refractivity contribution in [2.75, 3.05) is 10.2 Å². The van der Waals surface area contributed by atoms with E-state index in [-0.39, 0.29) is 23.2 Å². The summed E-state index contributed by atoms with van der Waals surface area (Å²) >= 11 is 6.24. The highest BCUT2D eigenvalue weighted by molar-refractivity contribution is 6.53. The van der Waals surface area contributed by atoms with Crippen molar-refractivity contribution in [2.45, 2.75) is 32.7 Å². The molecule has 0 spiro atoms. The molecule has 0 bridgehead atoms. The second kappa shape index (κ2) is 10.4. The summed E-state index contributed by atoms with van der Waals surface area (Å²) < 4.78 is 5.21. The number of rotatable bonds is 9. The van der Waals surface area contributed by atoms with Gasteiger partial charge in [-0.1, -0.05) is 43.1 Å². The number of nitrogens with zero attached hydrogens (tertiary/aromatic N) is 1.